The molecule has 0 spiro atoms. The molecule has 1 aromatic heterocycles. The Bertz CT molecular complexity index is 485. The Kier molecular flexibility index (Phi) is 7.08. The highest BCUT2D eigenvalue weighted by Crippen LogP contribution is 2.07. The molecule has 0 aliphatic rings. The Balaban J connectivity index is 2.49. The van der Waals surface area contributed by atoms with Gasteiger partial charge in [-0.05, 0) is 26.2 Å². The van der Waals surface area contributed by atoms with Gasteiger partial charge in [0.05, 0.1) is 5.56 Å². The van der Waals surface area contributed by atoms with Crippen molar-refractivity contribution in [2.45, 2.75) is 45.1 Å². The topological polar surface area (TPSA) is 92.2 Å². The molecule has 0 saturated carbocycles. The van der Waals surface area contributed by atoms with Crippen molar-refractivity contribution in [3.63, 3.8) is 0 Å². The van der Waals surface area contributed by atoms with Gasteiger partial charge in [-0.2, -0.15) is 0 Å². The van der Waals surface area contributed by atoms with Crippen LogP contribution in [0, 0.1) is 6.92 Å². The van der Waals surface area contributed by atoms with E-state index in [1.165, 1.54) is 12.4 Å². The number of nitrogens with zero attached hydrogens (tertiary/aromatic N) is 2. The van der Waals surface area contributed by atoms with Gasteiger partial charge in [0.1, 0.15) is 11.9 Å². The Hall–Kier alpha value is -2.24. The molecule has 1 heterocycles. The van der Waals surface area contributed by atoms with Crippen LogP contribution in [0.15, 0.2) is 25.0 Å². The summed E-state index contributed by atoms with van der Waals surface area (Å²) in [6, 6.07) is -0.887. The average Bonchev–Trinajstić information content (AvgIpc) is 2.46. The number of nitrogens with one attached hydrogen (secondary N) is 1. The van der Waals surface area contributed by atoms with Crippen molar-refractivity contribution in [3.8, 4) is 0 Å². The van der Waals surface area contributed by atoms with Gasteiger partial charge in [0.15, 0.2) is 0 Å². The van der Waals surface area contributed by atoms with E-state index in [1.54, 1.807) is 6.92 Å². The molecule has 21 heavy (non-hydrogen) atoms. The van der Waals surface area contributed by atoms with Gasteiger partial charge in [0.2, 0.25) is 0 Å². The van der Waals surface area contributed by atoms with Crippen LogP contribution in [0.1, 0.15) is 48.3 Å². The number of allylic oxidation sites excluding steroid dienone is 1. The van der Waals surface area contributed by atoms with Gasteiger partial charge in [-0.15, -0.1) is 6.58 Å². The lowest BCUT2D eigenvalue weighted by atomic mass is 10.1. The second-order valence-corrected chi connectivity index (χ2v) is 4.81. The number of hydrogen-bond acceptors (Lipinski definition) is 4. The molecule has 0 aliphatic carbocycles. The van der Waals surface area contributed by atoms with Crippen LogP contribution in [0.5, 0.6) is 0 Å². The number of carboxylic acid groups (broad SMARTS) is 1. The maximum absolute atomic E-state index is 11.9. The predicted octanol–water partition coefficient (Wildman–Crippen LogP) is 2.10. The first kappa shape index (κ1) is 16.8. The largest absolute Gasteiger partial charge is 0.480 e. The fourth-order valence-electron chi connectivity index (χ4n) is 1.82. The van der Waals surface area contributed by atoms with E-state index < -0.39 is 17.9 Å². The highest BCUT2D eigenvalue weighted by atomic mass is 16.4. The normalized spacial score (nSPS) is 11.7. The zero-order chi connectivity index (χ0) is 15.7. The molecular formula is C15H21N3O3. The molecule has 0 bridgehead atoms. The summed E-state index contributed by atoms with van der Waals surface area (Å²) in [6.45, 7) is 5.35. The summed E-state index contributed by atoms with van der Waals surface area (Å²) < 4.78 is 0. The number of carbonyl (C=O) groups excluding carboxylic acids is 1. The highest BCUT2D eigenvalue weighted by Gasteiger charge is 2.20. The smallest absolute Gasteiger partial charge is 0.326 e. The Morgan fingerprint density at radius 1 is 1.33 bits per heavy atom. The maximum atomic E-state index is 11.9. The summed E-state index contributed by atoms with van der Waals surface area (Å²) in [4.78, 5) is 31.0. The zero-order valence-corrected chi connectivity index (χ0v) is 12.2. The van der Waals surface area contributed by atoms with Crippen molar-refractivity contribution in [2.24, 2.45) is 0 Å². The number of aliphatic carboxylic acids is 1. The molecule has 6 nitrogen and oxygen atoms in total. The van der Waals surface area contributed by atoms with Gasteiger partial charge in [-0.25, -0.2) is 14.8 Å². The van der Waals surface area contributed by atoms with Crippen LogP contribution in [-0.2, 0) is 4.79 Å². The lowest BCUT2D eigenvalue weighted by molar-refractivity contribution is -0.139. The quantitative estimate of drug-likeness (QED) is 0.537. The first-order valence-electron chi connectivity index (χ1n) is 6.97. The minimum Gasteiger partial charge on any atom is -0.480 e. The molecule has 1 unspecified atom stereocenters. The number of hydrogen-bond donors (Lipinski definition) is 2. The lowest BCUT2D eigenvalue weighted by Crippen LogP contribution is -2.40. The van der Waals surface area contributed by atoms with Crippen molar-refractivity contribution >= 4 is 11.9 Å². The van der Waals surface area contributed by atoms with Crippen LogP contribution < -0.4 is 5.32 Å². The molecule has 0 aliphatic heterocycles. The summed E-state index contributed by atoms with van der Waals surface area (Å²) in [5, 5.41) is 11.7. The van der Waals surface area contributed by atoms with E-state index in [2.05, 4.69) is 21.9 Å². The van der Waals surface area contributed by atoms with E-state index in [0.717, 1.165) is 25.7 Å². The number of aromatic nitrogens is 2. The first-order chi connectivity index (χ1) is 10.0. The summed E-state index contributed by atoms with van der Waals surface area (Å²) in [7, 11) is 0. The SMILES string of the molecule is C=CCCCCCC(NC(=O)c1cnc(C)nc1)C(=O)O. The Labute approximate surface area is 124 Å². The van der Waals surface area contributed by atoms with E-state index >= 15 is 0 Å². The van der Waals surface area contributed by atoms with Crippen LogP contribution >= 0.6 is 0 Å². The van der Waals surface area contributed by atoms with E-state index in [0.29, 0.717) is 12.2 Å². The summed E-state index contributed by atoms with van der Waals surface area (Å²) >= 11 is 0. The van der Waals surface area contributed by atoms with Gasteiger partial charge in [0.25, 0.3) is 5.91 Å². The van der Waals surface area contributed by atoms with Crippen molar-refractivity contribution in [3.05, 3.63) is 36.4 Å². The number of aryl methyl sites for hydroxylation is 1. The molecule has 0 aromatic carbocycles. The van der Waals surface area contributed by atoms with Crippen molar-refractivity contribution in [1.82, 2.24) is 15.3 Å². The molecular weight excluding hydrogens is 270 g/mol. The minimum atomic E-state index is -1.03. The predicted molar refractivity (Wildman–Crippen MR) is 78.9 cm³/mol. The third-order valence-electron chi connectivity index (χ3n) is 3.05. The number of carboxylic acids is 1. The molecule has 1 aromatic rings. The fraction of sp³-hybridized carbons (Fsp3) is 0.467. The van der Waals surface area contributed by atoms with Crippen LogP contribution in [0.3, 0.4) is 0 Å². The molecule has 0 fully saturated rings. The van der Waals surface area contributed by atoms with E-state index in [4.69, 9.17) is 5.11 Å². The lowest BCUT2D eigenvalue weighted by Gasteiger charge is -2.14. The van der Waals surface area contributed by atoms with Crippen molar-refractivity contribution in [1.29, 1.82) is 0 Å². The summed E-state index contributed by atoms with van der Waals surface area (Å²) in [5.74, 6) is -0.933. The molecule has 2 N–H and O–H groups in total. The maximum Gasteiger partial charge on any atom is 0.326 e. The van der Waals surface area contributed by atoms with Crippen LogP contribution in [0.25, 0.3) is 0 Å². The Morgan fingerprint density at radius 2 is 2.00 bits per heavy atom. The molecule has 1 amide bonds. The third-order valence-corrected chi connectivity index (χ3v) is 3.05. The molecule has 114 valence electrons. The number of unbranched alkanes of at least 4 members (excludes halogenated alkanes) is 3. The number of carbonyl (C=O) groups is 2. The van der Waals surface area contributed by atoms with E-state index in [9.17, 15) is 9.59 Å². The molecule has 1 rings (SSSR count). The number of rotatable bonds is 9. The second-order valence-electron chi connectivity index (χ2n) is 4.81. The number of amides is 1. The third kappa shape index (κ3) is 6.16. The summed E-state index contributed by atoms with van der Waals surface area (Å²) in [6.07, 6.45) is 8.59. The molecule has 0 radical (unpaired) electrons. The average molecular weight is 291 g/mol. The van der Waals surface area contributed by atoms with E-state index in [-0.39, 0.29) is 5.56 Å². The standard InChI is InChI=1S/C15H21N3O3/c1-3-4-5-6-7-8-13(15(20)21)18-14(19)12-9-16-11(2)17-10-12/h3,9-10,13H,1,4-8H2,2H3,(H,18,19)(H,20,21). The van der Waals surface area contributed by atoms with Crippen LogP contribution in [0.2, 0.25) is 0 Å². The van der Waals surface area contributed by atoms with Crippen molar-refractivity contribution < 1.29 is 14.7 Å². The van der Waals surface area contributed by atoms with Gasteiger partial charge in [-0.3, -0.25) is 4.79 Å². The van der Waals surface area contributed by atoms with E-state index in [1.807, 2.05) is 6.08 Å². The zero-order valence-electron chi connectivity index (χ0n) is 12.2. The minimum absolute atomic E-state index is 0.263. The second kappa shape index (κ2) is 8.84. The van der Waals surface area contributed by atoms with Gasteiger partial charge in [0, 0.05) is 12.4 Å². The Morgan fingerprint density at radius 3 is 2.57 bits per heavy atom. The summed E-state index contributed by atoms with van der Waals surface area (Å²) in [5.41, 5.74) is 0.263. The monoisotopic (exact) mass is 291 g/mol. The molecule has 0 saturated heterocycles. The molecule has 6 heteroatoms. The first-order valence-corrected chi connectivity index (χ1v) is 6.97. The van der Waals surface area contributed by atoms with Gasteiger partial charge in [-0.1, -0.05) is 18.9 Å². The van der Waals surface area contributed by atoms with Gasteiger partial charge < -0.3 is 10.4 Å². The van der Waals surface area contributed by atoms with Crippen LogP contribution in [-0.4, -0.2) is 33.0 Å². The highest BCUT2D eigenvalue weighted by molar-refractivity contribution is 5.96. The van der Waals surface area contributed by atoms with Gasteiger partial charge >= 0.3 is 5.97 Å². The van der Waals surface area contributed by atoms with Crippen LogP contribution in [0.4, 0.5) is 0 Å². The van der Waals surface area contributed by atoms with Crippen molar-refractivity contribution in [2.75, 3.05) is 0 Å². The molecule has 1 atom stereocenters. The fourth-order valence-corrected chi connectivity index (χ4v) is 1.82.